The number of anilines is 1. The first-order chi connectivity index (χ1) is 12.8. The van der Waals surface area contributed by atoms with Gasteiger partial charge in [0, 0.05) is 57.0 Å². The summed E-state index contributed by atoms with van der Waals surface area (Å²) in [5.74, 6) is 0. The van der Waals surface area contributed by atoms with Crippen molar-refractivity contribution in [1.29, 1.82) is 0 Å². The van der Waals surface area contributed by atoms with E-state index in [2.05, 4.69) is 49.7 Å². The summed E-state index contributed by atoms with van der Waals surface area (Å²) in [6.07, 6.45) is 7.13. The molecule has 0 saturated carbocycles. The van der Waals surface area contributed by atoms with Gasteiger partial charge in [-0.15, -0.1) is 0 Å². The summed E-state index contributed by atoms with van der Waals surface area (Å²) in [6.45, 7) is 5.31. The van der Waals surface area contributed by atoms with Gasteiger partial charge in [0.2, 0.25) is 0 Å². The molecule has 1 fully saturated rings. The number of benzene rings is 1. The molecule has 1 saturated heterocycles. The molecule has 0 radical (unpaired) electrons. The maximum atomic E-state index is 4.72. The van der Waals surface area contributed by atoms with Gasteiger partial charge in [0.25, 0.3) is 0 Å². The topological polar surface area (TPSA) is 50.1 Å². The molecule has 26 heavy (non-hydrogen) atoms. The van der Waals surface area contributed by atoms with E-state index < -0.39 is 0 Å². The molecule has 3 aromatic rings. The van der Waals surface area contributed by atoms with Crippen molar-refractivity contribution < 1.29 is 0 Å². The highest BCUT2D eigenvalue weighted by molar-refractivity contribution is 5.81. The normalized spacial score (nSPS) is 17.8. The Balaban J connectivity index is 1.27. The van der Waals surface area contributed by atoms with E-state index in [-0.39, 0.29) is 0 Å². The molecule has 1 aromatic carbocycles. The molecule has 0 N–H and O–H groups in total. The number of piperazine rings is 1. The van der Waals surface area contributed by atoms with Gasteiger partial charge in [-0.25, -0.2) is 9.97 Å². The summed E-state index contributed by atoms with van der Waals surface area (Å²) in [6, 6.07) is 6.48. The van der Waals surface area contributed by atoms with Gasteiger partial charge in [-0.1, -0.05) is 0 Å². The Kier molecular flexibility index (Phi) is 3.85. The number of aryl methyl sites for hydroxylation is 2. The fourth-order valence-electron chi connectivity index (χ4n) is 4.33. The van der Waals surface area contributed by atoms with E-state index in [0.717, 1.165) is 50.0 Å². The standard InChI is InChI=1S/C20H24N6/c1-24-20(17-3-2-4-19(17)23-24)13-25-7-9-26(10-8-25)16-5-6-18-15(11-16)12-21-14-22-18/h5-6,11-12,14H,2-4,7-10,13H2,1H3. The van der Waals surface area contributed by atoms with Crippen LogP contribution in [-0.2, 0) is 26.4 Å². The average Bonchev–Trinajstić information content (AvgIpc) is 3.24. The zero-order chi connectivity index (χ0) is 17.5. The number of fused-ring (bicyclic) bond motifs is 2. The van der Waals surface area contributed by atoms with Crippen LogP contribution in [0.1, 0.15) is 23.4 Å². The number of rotatable bonds is 3. The van der Waals surface area contributed by atoms with Gasteiger partial charge in [0.1, 0.15) is 6.33 Å². The monoisotopic (exact) mass is 348 g/mol. The van der Waals surface area contributed by atoms with Gasteiger partial charge in [0.15, 0.2) is 0 Å². The molecule has 3 heterocycles. The lowest BCUT2D eigenvalue weighted by atomic mass is 10.1. The zero-order valence-corrected chi connectivity index (χ0v) is 15.2. The smallest absolute Gasteiger partial charge is 0.116 e. The van der Waals surface area contributed by atoms with Gasteiger partial charge >= 0.3 is 0 Å². The first-order valence-electron chi connectivity index (χ1n) is 9.48. The average molecular weight is 348 g/mol. The van der Waals surface area contributed by atoms with Crippen LogP contribution in [0.25, 0.3) is 10.9 Å². The first-order valence-corrected chi connectivity index (χ1v) is 9.48. The molecule has 2 aromatic heterocycles. The van der Waals surface area contributed by atoms with Crippen molar-refractivity contribution in [2.45, 2.75) is 25.8 Å². The van der Waals surface area contributed by atoms with E-state index in [9.17, 15) is 0 Å². The highest BCUT2D eigenvalue weighted by Gasteiger charge is 2.24. The largest absolute Gasteiger partial charge is 0.369 e. The molecule has 0 unspecified atom stereocenters. The van der Waals surface area contributed by atoms with Crippen molar-refractivity contribution in [2.24, 2.45) is 7.05 Å². The van der Waals surface area contributed by atoms with Crippen LogP contribution >= 0.6 is 0 Å². The molecule has 6 nitrogen and oxygen atoms in total. The van der Waals surface area contributed by atoms with E-state index >= 15 is 0 Å². The summed E-state index contributed by atoms with van der Waals surface area (Å²) in [7, 11) is 2.10. The molecular formula is C20H24N6. The van der Waals surface area contributed by atoms with Crippen molar-refractivity contribution >= 4 is 16.6 Å². The van der Waals surface area contributed by atoms with Crippen LogP contribution in [0.3, 0.4) is 0 Å². The fourth-order valence-corrected chi connectivity index (χ4v) is 4.33. The number of hydrogen-bond donors (Lipinski definition) is 0. The van der Waals surface area contributed by atoms with Crippen LogP contribution in [0.4, 0.5) is 5.69 Å². The van der Waals surface area contributed by atoms with E-state index in [0.29, 0.717) is 0 Å². The first kappa shape index (κ1) is 15.8. The van der Waals surface area contributed by atoms with Crippen LogP contribution < -0.4 is 4.90 Å². The van der Waals surface area contributed by atoms with E-state index in [1.54, 1.807) is 6.33 Å². The SMILES string of the molecule is Cn1nc2c(c1CN1CCN(c3ccc4ncncc4c3)CC1)CCC2. The Morgan fingerprint density at radius 2 is 1.96 bits per heavy atom. The zero-order valence-electron chi connectivity index (χ0n) is 15.2. The van der Waals surface area contributed by atoms with Crippen molar-refractivity contribution in [1.82, 2.24) is 24.6 Å². The third-order valence-electron chi connectivity index (χ3n) is 5.80. The Morgan fingerprint density at radius 3 is 2.85 bits per heavy atom. The second-order valence-corrected chi connectivity index (χ2v) is 7.38. The molecule has 6 heteroatoms. The van der Waals surface area contributed by atoms with Crippen LogP contribution in [0.2, 0.25) is 0 Å². The van der Waals surface area contributed by atoms with E-state index in [4.69, 9.17) is 5.10 Å². The molecule has 0 bridgehead atoms. The lowest BCUT2D eigenvalue weighted by Crippen LogP contribution is -2.46. The van der Waals surface area contributed by atoms with Gasteiger partial charge in [0.05, 0.1) is 16.9 Å². The Hall–Kier alpha value is -2.47. The Bertz CT molecular complexity index is 939. The van der Waals surface area contributed by atoms with Crippen molar-refractivity contribution in [3.8, 4) is 0 Å². The fraction of sp³-hybridized carbons (Fsp3) is 0.450. The summed E-state index contributed by atoms with van der Waals surface area (Å²) < 4.78 is 2.11. The molecular weight excluding hydrogens is 324 g/mol. The minimum absolute atomic E-state index is 1.01. The van der Waals surface area contributed by atoms with Gasteiger partial charge in [-0.05, 0) is 43.0 Å². The summed E-state index contributed by atoms with van der Waals surface area (Å²) in [5, 5.41) is 5.83. The molecule has 2 aliphatic rings. The number of hydrogen-bond acceptors (Lipinski definition) is 5. The molecule has 5 rings (SSSR count). The molecule has 1 aliphatic heterocycles. The quantitative estimate of drug-likeness (QED) is 0.726. The van der Waals surface area contributed by atoms with E-state index in [1.807, 2.05) is 6.20 Å². The Morgan fingerprint density at radius 1 is 1.08 bits per heavy atom. The summed E-state index contributed by atoms with van der Waals surface area (Å²) in [5.41, 5.74) is 6.55. The van der Waals surface area contributed by atoms with Crippen LogP contribution in [0.5, 0.6) is 0 Å². The summed E-state index contributed by atoms with van der Waals surface area (Å²) in [4.78, 5) is 13.5. The minimum Gasteiger partial charge on any atom is -0.369 e. The molecule has 0 atom stereocenters. The molecule has 0 spiro atoms. The predicted octanol–water partition coefficient (Wildman–Crippen LogP) is 2.17. The lowest BCUT2D eigenvalue weighted by Gasteiger charge is -2.36. The number of aromatic nitrogens is 4. The highest BCUT2D eigenvalue weighted by atomic mass is 15.3. The Labute approximate surface area is 153 Å². The highest BCUT2D eigenvalue weighted by Crippen LogP contribution is 2.26. The third-order valence-corrected chi connectivity index (χ3v) is 5.80. The van der Waals surface area contributed by atoms with Crippen molar-refractivity contribution in [3.63, 3.8) is 0 Å². The third kappa shape index (κ3) is 2.74. The van der Waals surface area contributed by atoms with E-state index in [1.165, 1.54) is 35.5 Å². The van der Waals surface area contributed by atoms with Crippen molar-refractivity contribution in [2.75, 3.05) is 31.1 Å². The van der Waals surface area contributed by atoms with Gasteiger partial charge in [-0.3, -0.25) is 9.58 Å². The molecule has 134 valence electrons. The van der Waals surface area contributed by atoms with Gasteiger partial charge < -0.3 is 4.90 Å². The van der Waals surface area contributed by atoms with Gasteiger partial charge in [-0.2, -0.15) is 5.10 Å². The minimum atomic E-state index is 1.01. The summed E-state index contributed by atoms with van der Waals surface area (Å²) >= 11 is 0. The second kappa shape index (κ2) is 6.36. The molecule has 1 aliphatic carbocycles. The van der Waals surface area contributed by atoms with Crippen molar-refractivity contribution in [3.05, 3.63) is 47.7 Å². The van der Waals surface area contributed by atoms with Crippen LogP contribution in [0, 0.1) is 0 Å². The second-order valence-electron chi connectivity index (χ2n) is 7.38. The van der Waals surface area contributed by atoms with Crippen LogP contribution in [0.15, 0.2) is 30.7 Å². The number of nitrogens with zero attached hydrogens (tertiary/aromatic N) is 6. The lowest BCUT2D eigenvalue weighted by molar-refractivity contribution is 0.243. The maximum Gasteiger partial charge on any atom is 0.116 e. The predicted molar refractivity (Wildman–Crippen MR) is 102 cm³/mol. The van der Waals surface area contributed by atoms with Crippen LogP contribution in [-0.4, -0.2) is 50.8 Å². The molecule has 0 amide bonds. The maximum absolute atomic E-state index is 4.72.